The van der Waals surface area contributed by atoms with Crippen LogP contribution in [0.15, 0.2) is 12.5 Å². The molecule has 4 unspecified atom stereocenters. The van der Waals surface area contributed by atoms with Crippen LogP contribution in [0.1, 0.15) is 25.0 Å². The number of carbonyl (C=O) groups excluding carboxylic acids is 3. The van der Waals surface area contributed by atoms with Crippen molar-refractivity contribution in [3.63, 3.8) is 0 Å². The van der Waals surface area contributed by atoms with E-state index in [0.717, 1.165) is 0 Å². The molecule has 1 aromatic rings. The van der Waals surface area contributed by atoms with Crippen LogP contribution in [0.5, 0.6) is 0 Å². The number of aliphatic carboxylic acids is 4. The zero-order chi connectivity index (χ0) is 26.7. The second-order valence-corrected chi connectivity index (χ2v) is 7.20. The zero-order valence-electron chi connectivity index (χ0n) is 18.0. The van der Waals surface area contributed by atoms with Gasteiger partial charge in [-0.2, -0.15) is 0 Å². The molecule has 1 aromatic heterocycles. The maximum absolute atomic E-state index is 12.6. The fraction of sp³-hybridized carbons (Fsp3) is 0.444. The molecule has 4 atom stereocenters. The van der Waals surface area contributed by atoms with E-state index in [4.69, 9.17) is 26.2 Å². The van der Waals surface area contributed by atoms with Gasteiger partial charge in [0.05, 0.1) is 31.6 Å². The Morgan fingerprint density at radius 3 is 1.60 bits per heavy atom. The van der Waals surface area contributed by atoms with Crippen LogP contribution in [0.4, 0.5) is 0 Å². The molecule has 0 aliphatic heterocycles. The molecule has 0 fully saturated rings. The number of nitrogens with two attached hydrogens (primary N) is 1. The third-order valence-corrected chi connectivity index (χ3v) is 4.35. The Balaban J connectivity index is 2.97. The van der Waals surface area contributed by atoms with Gasteiger partial charge in [0.2, 0.25) is 17.7 Å². The van der Waals surface area contributed by atoms with E-state index in [9.17, 15) is 33.6 Å². The van der Waals surface area contributed by atoms with Gasteiger partial charge in [0.25, 0.3) is 0 Å². The number of amides is 3. The van der Waals surface area contributed by atoms with Gasteiger partial charge in [-0.1, -0.05) is 0 Å². The predicted molar refractivity (Wildman–Crippen MR) is 110 cm³/mol. The van der Waals surface area contributed by atoms with E-state index < -0.39 is 85.0 Å². The summed E-state index contributed by atoms with van der Waals surface area (Å²) in [4.78, 5) is 88.0. The number of carboxylic acid groups (broad SMARTS) is 4. The van der Waals surface area contributed by atoms with Gasteiger partial charge in [0, 0.05) is 18.3 Å². The van der Waals surface area contributed by atoms with E-state index in [1.807, 2.05) is 5.32 Å². The minimum atomic E-state index is -1.94. The van der Waals surface area contributed by atoms with Gasteiger partial charge in [0.1, 0.15) is 18.1 Å². The lowest BCUT2D eigenvalue weighted by Gasteiger charge is -2.23. The maximum Gasteiger partial charge on any atom is 0.326 e. The number of nitrogens with zero attached hydrogens (tertiary/aromatic N) is 1. The maximum atomic E-state index is 12.6. The van der Waals surface area contributed by atoms with Crippen molar-refractivity contribution >= 4 is 41.6 Å². The van der Waals surface area contributed by atoms with Crippen LogP contribution in [0, 0.1) is 0 Å². The molecule has 0 aliphatic carbocycles. The number of aromatic amines is 1. The van der Waals surface area contributed by atoms with Crippen molar-refractivity contribution in [1.29, 1.82) is 0 Å². The summed E-state index contributed by atoms with van der Waals surface area (Å²) >= 11 is 0. The van der Waals surface area contributed by atoms with Crippen LogP contribution in [-0.4, -0.2) is 96.2 Å². The second kappa shape index (κ2) is 13.2. The van der Waals surface area contributed by atoms with Gasteiger partial charge in [-0.3, -0.25) is 28.8 Å². The molecule has 0 spiro atoms. The normalized spacial score (nSPS) is 14.0. The highest BCUT2D eigenvalue weighted by atomic mass is 16.4. The van der Waals surface area contributed by atoms with E-state index >= 15 is 0 Å². The summed E-state index contributed by atoms with van der Waals surface area (Å²) in [6, 6.07) is -6.89. The van der Waals surface area contributed by atoms with Crippen LogP contribution in [0.25, 0.3) is 0 Å². The third-order valence-electron chi connectivity index (χ3n) is 4.35. The van der Waals surface area contributed by atoms with Crippen molar-refractivity contribution in [2.24, 2.45) is 5.73 Å². The van der Waals surface area contributed by atoms with Crippen molar-refractivity contribution in [2.45, 2.75) is 49.9 Å². The molecule has 1 heterocycles. The van der Waals surface area contributed by atoms with E-state index in [-0.39, 0.29) is 6.42 Å². The molecule has 0 aromatic carbocycles. The molecule has 1 rings (SSSR count). The molecule has 0 saturated heterocycles. The van der Waals surface area contributed by atoms with Gasteiger partial charge < -0.3 is 47.1 Å². The lowest BCUT2D eigenvalue weighted by molar-refractivity contribution is -0.148. The molecule has 17 nitrogen and oxygen atoms in total. The summed E-state index contributed by atoms with van der Waals surface area (Å²) in [5.41, 5.74) is 6.21. The standard InChI is InChI=1S/C18H24N6O11/c19-8(1-7-5-20-6-21-7)15(31)22-9(2-12(25)26)16(32)23-10(3-13(27)28)17(33)24-11(18(34)35)4-14(29)30/h5-6,8-11H,1-4,19H2,(H,20,21)(H,22,31)(H,23,32)(H,24,33)(H,25,26)(H,27,28)(H,29,30)(H,34,35). The summed E-state index contributed by atoms with van der Waals surface area (Å²) in [5, 5.41) is 41.7. The van der Waals surface area contributed by atoms with Crippen molar-refractivity contribution in [3.8, 4) is 0 Å². The average molecular weight is 500 g/mol. The highest BCUT2D eigenvalue weighted by molar-refractivity contribution is 5.97. The monoisotopic (exact) mass is 500 g/mol. The highest BCUT2D eigenvalue weighted by Gasteiger charge is 2.33. The van der Waals surface area contributed by atoms with Crippen molar-refractivity contribution in [1.82, 2.24) is 25.9 Å². The summed E-state index contributed by atoms with van der Waals surface area (Å²) < 4.78 is 0. The Bertz CT molecular complexity index is 964. The van der Waals surface area contributed by atoms with Crippen molar-refractivity contribution in [3.05, 3.63) is 18.2 Å². The number of carbonyl (C=O) groups is 7. The second-order valence-electron chi connectivity index (χ2n) is 7.20. The van der Waals surface area contributed by atoms with Crippen LogP contribution < -0.4 is 21.7 Å². The summed E-state index contributed by atoms with van der Waals surface area (Å²) in [6.45, 7) is 0. The fourth-order valence-corrected chi connectivity index (χ4v) is 2.69. The molecular formula is C18H24N6O11. The third kappa shape index (κ3) is 10.3. The van der Waals surface area contributed by atoms with Gasteiger partial charge >= 0.3 is 23.9 Å². The summed E-state index contributed by atoms with van der Waals surface area (Å²) in [7, 11) is 0. The largest absolute Gasteiger partial charge is 0.481 e. The number of nitrogens with one attached hydrogen (secondary N) is 4. The fourth-order valence-electron chi connectivity index (χ4n) is 2.69. The predicted octanol–water partition coefficient (Wildman–Crippen LogP) is -3.76. The number of carboxylic acids is 4. The molecular weight excluding hydrogens is 476 g/mol. The van der Waals surface area contributed by atoms with E-state index in [2.05, 4.69) is 15.3 Å². The van der Waals surface area contributed by atoms with Gasteiger partial charge in [0.15, 0.2) is 0 Å². The van der Waals surface area contributed by atoms with Crippen LogP contribution in [0.3, 0.4) is 0 Å². The Morgan fingerprint density at radius 2 is 1.20 bits per heavy atom. The minimum absolute atomic E-state index is 0.0442. The molecule has 35 heavy (non-hydrogen) atoms. The van der Waals surface area contributed by atoms with Crippen molar-refractivity contribution < 1.29 is 54.0 Å². The van der Waals surface area contributed by atoms with E-state index in [1.54, 1.807) is 5.32 Å². The number of imidazole rings is 1. The molecule has 10 N–H and O–H groups in total. The van der Waals surface area contributed by atoms with Gasteiger partial charge in [-0.25, -0.2) is 9.78 Å². The summed E-state index contributed by atoms with van der Waals surface area (Å²) in [5.74, 6) is -10.0. The smallest absolute Gasteiger partial charge is 0.326 e. The number of H-pyrrole nitrogens is 1. The molecule has 0 radical (unpaired) electrons. The van der Waals surface area contributed by atoms with Crippen molar-refractivity contribution in [2.75, 3.05) is 0 Å². The number of aromatic nitrogens is 2. The van der Waals surface area contributed by atoms with Crippen LogP contribution in [-0.2, 0) is 40.0 Å². The topological polar surface area (TPSA) is 291 Å². The van der Waals surface area contributed by atoms with Crippen LogP contribution in [0.2, 0.25) is 0 Å². The molecule has 17 heteroatoms. The molecule has 0 bridgehead atoms. The lowest BCUT2D eigenvalue weighted by Crippen LogP contribution is -2.58. The Kier molecular flexibility index (Phi) is 10.8. The van der Waals surface area contributed by atoms with Crippen LogP contribution >= 0.6 is 0 Å². The first-order chi connectivity index (χ1) is 16.3. The molecule has 0 saturated carbocycles. The minimum Gasteiger partial charge on any atom is -0.481 e. The first-order valence-electron chi connectivity index (χ1n) is 9.82. The van der Waals surface area contributed by atoms with Gasteiger partial charge in [-0.05, 0) is 0 Å². The quantitative estimate of drug-likeness (QED) is 0.112. The van der Waals surface area contributed by atoms with E-state index in [0.29, 0.717) is 5.69 Å². The average Bonchev–Trinajstić information content (AvgIpc) is 3.23. The van der Waals surface area contributed by atoms with Gasteiger partial charge in [-0.15, -0.1) is 0 Å². The molecule has 0 aliphatic rings. The Labute approximate surface area is 196 Å². The SMILES string of the molecule is NC(Cc1cnc[nH]1)C(=O)NC(CC(=O)O)C(=O)NC(CC(=O)O)C(=O)NC(CC(=O)O)C(=O)O. The molecule has 3 amide bonds. The number of hydrogen-bond donors (Lipinski definition) is 9. The number of rotatable bonds is 15. The first-order valence-corrected chi connectivity index (χ1v) is 9.82. The first kappa shape index (κ1) is 28.5. The number of hydrogen-bond acceptors (Lipinski definition) is 9. The highest BCUT2D eigenvalue weighted by Crippen LogP contribution is 2.03. The Morgan fingerprint density at radius 1 is 0.771 bits per heavy atom. The van der Waals surface area contributed by atoms with E-state index in [1.165, 1.54) is 12.5 Å². The lowest BCUT2D eigenvalue weighted by atomic mass is 10.1. The Hall–Kier alpha value is -4.54. The summed E-state index contributed by atoms with van der Waals surface area (Å²) in [6.07, 6.45) is -0.396. The zero-order valence-corrected chi connectivity index (χ0v) is 18.0. The molecule has 192 valence electrons.